The standard InChI is InChI=1S/C18H27F3N4O.HI/c1-3-22-17(23-10-9-18(19,20)21)24-12-14-8-11-25(13-14)15-6-4-5-7-16(15)26-2;/h4-7,14H,3,8-13H2,1-2H3,(H2,22,23,24);1H. The molecule has 1 unspecified atom stereocenters. The topological polar surface area (TPSA) is 48.9 Å². The molecule has 2 rings (SSSR count). The number of aliphatic imine (C=N–C) groups is 1. The molecule has 1 aromatic carbocycles. The molecule has 1 aliphatic rings. The maximum Gasteiger partial charge on any atom is 0.390 e. The van der Waals surface area contributed by atoms with Crippen molar-refractivity contribution in [2.45, 2.75) is 25.9 Å². The second-order valence-corrected chi connectivity index (χ2v) is 6.28. The van der Waals surface area contributed by atoms with Gasteiger partial charge in [0.15, 0.2) is 5.96 Å². The van der Waals surface area contributed by atoms with Gasteiger partial charge in [-0.05, 0) is 31.4 Å². The summed E-state index contributed by atoms with van der Waals surface area (Å²) in [6.45, 7) is 4.67. The predicted molar refractivity (Wildman–Crippen MR) is 113 cm³/mol. The lowest BCUT2D eigenvalue weighted by molar-refractivity contribution is -0.132. The van der Waals surface area contributed by atoms with Crippen LogP contribution in [0.5, 0.6) is 5.75 Å². The smallest absolute Gasteiger partial charge is 0.390 e. The molecule has 2 N–H and O–H groups in total. The number of hydrogen-bond donors (Lipinski definition) is 2. The number of hydrogen-bond acceptors (Lipinski definition) is 3. The van der Waals surface area contributed by atoms with E-state index in [2.05, 4.69) is 20.5 Å². The molecule has 0 amide bonds. The van der Waals surface area contributed by atoms with Gasteiger partial charge in [-0.1, -0.05) is 12.1 Å². The molecule has 1 heterocycles. The SMILES string of the molecule is CCNC(=NCC1CCN(c2ccccc2OC)C1)NCCC(F)(F)F.I. The van der Waals surface area contributed by atoms with Crippen LogP contribution in [0, 0.1) is 5.92 Å². The average molecular weight is 500 g/mol. The van der Waals surface area contributed by atoms with Crippen molar-refractivity contribution in [3.8, 4) is 5.75 Å². The number of para-hydroxylation sites is 2. The molecule has 0 radical (unpaired) electrons. The Morgan fingerprint density at radius 2 is 2.04 bits per heavy atom. The fourth-order valence-electron chi connectivity index (χ4n) is 2.98. The van der Waals surface area contributed by atoms with E-state index < -0.39 is 12.6 Å². The number of rotatable bonds is 7. The van der Waals surface area contributed by atoms with Crippen LogP contribution in [0.25, 0.3) is 0 Å². The number of halogens is 4. The molecular weight excluding hydrogens is 472 g/mol. The molecule has 0 saturated carbocycles. The number of nitrogens with zero attached hydrogens (tertiary/aromatic N) is 2. The van der Waals surface area contributed by atoms with Crippen LogP contribution in [0.3, 0.4) is 0 Å². The first-order valence-corrected chi connectivity index (χ1v) is 8.90. The van der Waals surface area contributed by atoms with Crippen LogP contribution in [0.2, 0.25) is 0 Å². The number of guanidine groups is 1. The van der Waals surface area contributed by atoms with E-state index in [0.29, 0.717) is 25.0 Å². The van der Waals surface area contributed by atoms with Crippen molar-refractivity contribution < 1.29 is 17.9 Å². The summed E-state index contributed by atoms with van der Waals surface area (Å²) in [6.07, 6.45) is -4.04. The Kier molecular flexibility index (Phi) is 10.0. The molecule has 0 aliphatic carbocycles. The van der Waals surface area contributed by atoms with E-state index >= 15 is 0 Å². The van der Waals surface area contributed by atoms with Crippen LogP contribution in [-0.2, 0) is 0 Å². The Balaban J connectivity index is 0.00000364. The third kappa shape index (κ3) is 8.02. The van der Waals surface area contributed by atoms with Gasteiger partial charge in [-0.15, -0.1) is 24.0 Å². The van der Waals surface area contributed by atoms with Crippen LogP contribution in [0.1, 0.15) is 19.8 Å². The molecule has 1 atom stereocenters. The molecule has 1 aromatic rings. The van der Waals surface area contributed by atoms with Crippen molar-refractivity contribution >= 4 is 35.6 Å². The zero-order chi connectivity index (χ0) is 19.0. The van der Waals surface area contributed by atoms with Crippen LogP contribution < -0.4 is 20.3 Å². The number of anilines is 1. The lowest BCUT2D eigenvalue weighted by Gasteiger charge is -2.21. The highest BCUT2D eigenvalue weighted by Gasteiger charge is 2.27. The molecule has 0 bridgehead atoms. The number of ether oxygens (including phenoxy) is 1. The summed E-state index contributed by atoms with van der Waals surface area (Å²) in [5.41, 5.74) is 1.07. The Morgan fingerprint density at radius 3 is 2.70 bits per heavy atom. The zero-order valence-corrected chi connectivity index (χ0v) is 18.0. The Labute approximate surface area is 175 Å². The minimum absolute atomic E-state index is 0. The fraction of sp³-hybridized carbons (Fsp3) is 0.611. The van der Waals surface area contributed by atoms with Gasteiger partial charge in [0.05, 0.1) is 19.2 Å². The monoisotopic (exact) mass is 500 g/mol. The van der Waals surface area contributed by atoms with Gasteiger partial charge in [0.2, 0.25) is 0 Å². The highest BCUT2D eigenvalue weighted by Crippen LogP contribution is 2.31. The first-order chi connectivity index (χ1) is 12.4. The van der Waals surface area contributed by atoms with Crippen molar-refractivity contribution in [3.63, 3.8) is 0 Å². The van der Waals surface area contributed by atoms with E-state index in [9.17, 15) is 13.2 Å². The van der Waals surface area contributed by atoms with E-state index in [0.717, 1.165) is 30.9 Å². The van der Waals surface area contributed by atoms with Gasteiger partial charge >= 0.3 is 6.18 Å². The van der Waals surface area contributed by atoms with Crippen LogP contribution in [0.15, 0.2) is 29.3 Å². The highest BCUT2D eigenvalue weighted by atomic mass is 127. The number of benzene rings is 1. The van der Waals surface area contributed by atoms with E-state index in [1.165, 1.54) is 0 Å². The lowest BCUT2D eigenvalue weighted by atomic mass is 10.1. The second kappa shape index (κ2) is 11.5. The van der Waals surface area contributed by atoms with Gasteiger partial charge in [-0.2, -0.15) is 13.2 Å². The van der Waals surface area contributed by atoms with E-state index in [1.54, 1.807) is 7.11 Å². The Morgan fingerprint density at radius 1 is 1.30 bits per heavy atom. The van der Waals surface area contributed by atoms with E-state index in [1.807, 2.05) is 31.2 Å². The van der Waals surface area contributed by atoms with Gasteiger partial charge in [-0.25, -0.2) is 0 Å². The summed E-state index contributed by atoms with van der Waals surface area (Å²) in [7, 11) is 1.66. The number of alkyl halides is 3. The molecular formula is C18H28F3IN4O. The summed E-state index contributed by atoms with van der Waals surface area (Å²) in [6, 6.07) is 7.90. The zero-order valence-electron chi connectivity index (χ0n) is 15.7. The molecule has 154 valence electrons. The van der Waals surface area contributed by atoms with Gasteiger partial charge in [0.25, 0.3) is 0 Å². The minimum Gasteiger partial charge on any atom is -0.495 e. The molecule has 9 heteroatoms. The van der Waals surface area contributed by atoms with Crippen LogP contribution in [-0.4, -0.2) is 52.0 Å². The first kappa shape index (κ1) is 23.6. The van der Waals surface area contributed by atoms with Crippen molar-refractivity contribution in [2.24, 2.45) is 10.9 Å². The summed E-state index contributed by atoms with van der Waals surface area (Å²) >= 11 is 0. The molecule has 1 saturated heterocycles. The van der Waals surface area contributed by atoms with E-state index in [4.69, 9.17) is 4.74 Å². The van der Waals surface area contributed by atoms with Crippen molar-refractivity contribution in [1.29, 1.82) is 0 Å². The summed E-state index contributed by atoms with van der Waals surface area (Å²) in [5.74, 6) is 1.64. The third-order valence-electron chi connectivity index (χ3n) is 4.26. The second-order valence-electron chi connectivity index (χ2n) is 6.28. The van der Waals surface area contributed by atoms with Crippen molar-refractivity contribution in [2.75, 3.05) is 44.7 Å². The molecule has 5 nitrogen and oxygen atoms in total. The normalized spacial score (nSPS) is 17.4. The molecule has 0 spiro atoms. The Bertz CT molecular complexity index is 598. The third-order valence-corrected chi connectivity index (χ3v) is 4.26. The quantitative estimate of drug-likeness (QED) is 0.341. The maximum absolute atomic E-state index is 12.3. The van der Waals surface area contributed by atoms with E-state index in [-0.39, 0.29) is 30.5 Å². The van der Waals surface area contributed by atoms with Gasteiger partial charge in [0.1, 0.15) is 5.75 Å². The lowest BCUT2D eigenvalue weighted by Crippen LogP contribution is -2.39. The fourth-order valence-corrected chi connectivity index (χ4v) is 2.98. The largest absolute Gasteiger partial charge is 0.495 e. The van der Waals surface area contributed by atoms with Crippen LogP contribution in [0.4, 0.5) is 18.9 Å². The van der Waals surface area contributed by atoms with Crippen LogP contribution >= 0.6 is 24.0 Å². The summed E-state index contributed by atoms with van der Waals surface area (Å²) in [5, 5.41) is 5.74. The molecule has 0 aromatic heterocycles. The average Bonchev–Trinajstić information content (AvgIpc) is 3.07. The van der Waals surface area contributed by atoms with Gasteiger partial charge in [0, 0.05) is 32.7 Å². The number of methoxy groups -OCH3 is 1. The van der Waals surface area contributed by atoms with Gasteiger partial charge in [-0.3, -0.25) is 4.99 Å². The van der Waals surface area contributed by atoms with Crippen molar-refractivity contribution in [1.82, 2.24) is 10.6 Å². The summed E-state index contributed by atoms with van der Waals surface area (Å²) < 4.78 is 42.2. The summed E-state index contributed by atoms with van der Waals surface area (Å²) in [4.78, 5) is 6.72. The Hall–Kier alpha value is -1.39. The molecule has 1 aliphatic heterocycles. The van der Waals surface area contributed by atoms with Crippen molar-refractivity contribution in [3.05, 3.63) is 24.3 Å². The minimum atomic E-state index is -4.16. The van der Waals surface area contributed by atoms with Gasteiger partial charge < -0.3 is 20.3 Å². The maximum atomic E-state index is 12.3. The first-order valence-electron chi connectivity index (χ1n) is 8.90. The molecule has 27 heavy (non-hydrogen) atoms. The molecule has 1 fully saturated rings. The number of nitrogens with one attached hydrogen (secondary N) is 2. The highest BCUT2D eigenvalue weighted by molar-refractivity contribution is 14.0. The predicted octanol–water partition coefficient (Wildman–Crippen LogP) is 3.65.